The van der Waals surface area contributed by atoms with Crippen LogP contribution in [0.5, 0.6) is 0 Å². The molecule has 0 aliphatic carbocycles. The fourth-order valence-corrected chi connectivity index (χ4v) is 4.28. The van der Waals surface area contributed by atoms with Gasteiger partial charge >= 0.3 is 0 Å². The zero-order valence-corrected chi connectivity index (χ0v) is 16.4. The number of nitrogens with zero attached hydrogens (tertiary/aromatic N) is 2. The first kappa shape index (κ1) is 17.0. The molecule has 1 aliphatic heterocycles. The minimum Gasteiger partial charge on any atom is -0.510 e. The molecule has 26 heavy (non-hydrogen) atoms. The smallest absolute Gasteiger partial charge is 0.139 e. The van der Waals surface area contributed by atoms with E-state index in [0.29, 0.717) is 10.6 Å². The number of thiazole rings is 1. The normalized spacial score (nSPS) is 14.4. The Kier molecular flexibility index (Phi) is 4.38. The molecule has 0 bridgehead atoms. The Bertz CT molecular complexity index is 1010. The van der Waals surface area contributed by atoms with E-state index >= 15 is 0 Å². The molecule has 0 radical (unpaired) electrons. The van der Waals surface area contributed by atoms with Crippen LogP contribution in [0.2, 0.25) is 0 Å². The zero-order chi connectivity index (χ0) is 18.3. The van der Waals surface area contributed by atoms with Crippen LogP contribution in [-0.4, -0.2) is 22.5 Å². The quantitative estimate of drug-likeness (QED) is 0.569. The van der Waals surface area contributed by atoms with Gasteiger partial charge in [0.1, 0.15) is 16.6 Å². The van der Waals surface area contributed by atoms with Crippen LogP contribution in [0.4, 0.5) is 5.69 Å². The lowest BCUT2D eigenvalue weighted by molar-refractivity contribution is 0.411. The minimum absolute atomic E-state index is 0.186. The summed E-state index contributed by atoms with van der Waals surface area (Å²) in [5.74, 6) is 0.462. The molecule has 2 aromatic carbocycles. The van der Waals surface area contributed by atoms with E-state index in [1.165, 1.54) is 11.3 Å². The molecule has 4 rings (SSSR count). The molecule has 4 nitrogen and oxygen atoms in total. The second-order valence-corrected chi connectivity index (χ2v) is 8.14. The Hall–Kier alpha value is -2.44. The molecule has 0 atom stereocenters. The number of amidine groups is 1. The lowest BCUT2D eigenvalue weighted by atomic mass is 10.1. The molecule has 130 valence electrons. The van der Waals surface area contributed by atoms with Crippen LogP contribution in [-0.2, 0) is 0 Å². The molecular formula is C20H16BrN3OS. The van der Waals surface area contributed by atoms with Gasteiger partial charge in [0.2, 0.25) is 0 Å². The third-order valence-electron chi connectivity index (χ3n) is 4.30. The largest absolute Gasteiger partial charge is 0.510 e. The molecule has 6 heteroatoms. The van der Waals surface area contributed by atoms with Crippen molar-refractivity contribution in [2.45, 2.75) is 6.92 Å². The molecule has 0 spiro atoms. The van der Waals surface area contributed by atoms with Crippen LogP contribution in [0.3, 0.4) is 0 Å². The first-order chi connectivity index (χ1) is 12.5. The Morgan fingerprint density at radius 1 is 1.12 bits per heavy atom. The van der Waals surface area contributed by atoms with Crippen molar-refractivity contribution in [2.24, 2.45) is 0 Å². The van der Waals surface area contributed by atoms with Gasteiger partial charge in [0.25, 0.3) is 0 Å². The van der Waals surface area contributed by atoms with E-state index in [1.54, 1.807) is 4.90 Å². The summed E-state index contributed by atoms with van der Waals surface area (Å²) in [7, 11) is 0. The van der Waals surface area contributed by atoms with Crippen molar-refractivity contribution < 1.29 is 5.11 Å². The predicted octanol–water partition coefficient (Wildman–Crippen LogP) is 5.65. The lowest BCUT2D eigenvalue weighted by Gasteiger charge is -2.18. The molecule has 0 fully saturated rings. The molecule has 0 saturated heterocycles. The van der Waals surface area contributed by atoms with Gasteiger partial charge in [-0.3, -0.25) is 5.41 Å². The van der Waals surface area contributed by atoms with E-state index in [1.807, 2.05) is 61.5 Å². The molecule has 0 amide bonds. The third kappa shape index (κ3) is 2.95. The standard InChI is InChI=1S/C20H16BrN3OS/c1-12-18(13-5-3-2-4-6-13)23-20(26-12)17-16(25)11-24(19(17)22)15-9-7-14(21)8-10-15/h2-10,22,25H,11H2,1H3. The number of anilines is 1. The molecule has 0 unspecified atom stereocenters. The minimum atomic E-state index is 0.186. The number of aliphatic hydroxyl groups excluding tert-OH is 1. The molecule has 2 N–H and O–H groups in total. The molecule has 0 saturated carbocycles. The van der Waals surface area contributed by atoms with E-state index in [-0.39, 0.29) is 18.1 Å². The number of halogens is 1. The highest BCUT2D eigenvalue weighted by Crippen LogP contribution is 2.36. The van der Waals surface area contributed by atoms with Gasteiger partial charge in [-0.15, -0.1) is 11.3 Å². The number of aryl methyl sites for hydroxylation is 1. The number of benzene rings is 2. The van der Waals surface area contributed by atoms with Crippen molar-refractivity contribution >= 4 is 44.4 Å². The maximum Gasteiger partial charge on any atom is 0.139 e. The SMILES string of the molecule is Cc1sc(C2=C(O)CN(c3ccc(Br)cc3)C2=N)nc1-c1ccccc1. The van der Waals surface area contributed by atoms with Gasteiger partial charge in [0.15, 0.2) is 0 Å². The maximum absolute atomic E-state index is 10.5. The Balaban J connectivity index is 1.69. The summed E-state index contributed by atoms with van der Waals surface area (Å²) in [5, 5.41) is 19.8. The van der Waals surface area contributed by atoms with Crippen LogP contribution in [0, 0.1) is 12.3 Å². The summed E-state index contributed by atoms with van der Waals surface area (Å²) >= 11 is 4.93. The van der Waals surface area contributed by atoms with Gasteiger partial charge in [-0.05, 0) is 31.2 Å². The van der Waals surface area contributed by atoms with Crippen molar-refractivity contribution in [3.63, 3.8) is 0 Å². The zero-order valence-electron chi connectivity index (χ0n) is 14.0. The van der Waals surface area contributed by atoms with E-state index in [2.05, 4.69) is 15.9 Å². The highest BCUT2D eigenvalue weighted by molar-refractivity contribution is 9.10. The lowest BCUT2D eigenvalue weighted by Crippen LogP contribution is -2.25. The van der Waals surface area contributed by atoms with Crippen molar-refractivity contribution in [2.75, 3.05) is 11.4 Å². The topological polar surface area (TPSA) is 60.2 Å². The number of nitrogens with one attached hydrogen (secondary N) is 1. The van der Waals surface area contributed by atoms with Crippen molar-refractivity contribution in [1.29, 1.82) is 5.41 Å². The monoisotopic (exact) mass is 425 g/mol. The highest BCUT2D eigenvalue weighted by atomic mass is 79.9. The summed E-state index contributed by atoms with van der Waals surface area (Å²) in [6, 6.07) is 17.7. The van der Waals surface area contributed by atoms with Crippen LogP contribution in [0.25, 0.3) is 16.8 Å². The van der Waals surface area contributed by atoms with Crippen LogP contribution < -0.4 is 4.90 Å². The molecular weight excluding hydrogens is 410 g/mol. The van der Waals surface area contributed by atoms with Crippen molar-refractivity contribution in [1.82, 2.24) is 4.98 Å². The third-order valence-corrected chi connectivity index (χ3v) is 5.82. The predicted molar refractivity (Wildman–Crippen MR) is 111 cm³/mol. The molecule has 1 aliphatic rings. The van der Waals surface area contributed by atoms with Gasteiger partial charge in [-0.25, -0.2) is 4.98 Å². The van der Waals surface area contributed by atoms with E-state index < -0.39 is 0 Å². The number of aromatic nitrogens is 1. The van der Waals surface area contributed by atoms with Crippen molar-refractivity contribution in [3.05, 3.63) is 74.7 Å². The second kappa shape index (κ2) is 6.70. The second-order valence-electron chi connectivity index (χ2n) is 6.02. The van der Waals surface area contributed by atoms with E-state index in [9.17, 15) is 5.11 Å². The maximum atomic E-state index is 10.5. The Labute approximate surface area is 164 Å². The van der Waals surface area contributed by atoms with Gasteiger partial charge in [-0.2, -0.15) is 0 Å². The highest BCUT2D eigenvalue weighted by Gasteiger charge is 2.31. The summed E-state index contributed by atoms with van der Waals surface area (Å²) < 4.78 is 0.979. The van der Waals surface area contributed by atoms with Crippen molar-refractivity contribution in [3.8, 4) is 11.3 Å². The summed E-state index contributed by atoms with van der Waals surface area (Å²) in [5.41, 5.74) is 3.34. The number of hydrogen-bond donors (Lipinski definition) is 2. The average molecular weight is 426 g/mol. The summed E-state index contributed by atoms with van der Waals surface area (Å²) in [4.78, 5) is 7.59. The van der Waals surface area contributed by atoms with Crippen LogP contribution in [0.1, 0.15) is 9.88 Å². The summed E-state index contributed by atoms with van der Waals surface area (Å²) in [6.45, 7) is 2.31. The molecule has 2 heterocycles. The molecule has 1 aromatic heterocycles. The van der Waals surface area contributed by atoms with Gasteiger partial charge in [-0.1, -0.05) is 46.3 Å². The number of hydrogen-bond acceptors (Lipinski definition) is 4. The first-order valence-corrected chi connectivity index (χ1v) is 9.73. The Morgan fingerprint density at radius 3 is 2.50 bits per heavy atom. The van der Waals surface area contributed by atoms with Gasteiger partial charge in [0.05, 0.1) is 17.8 Å². The van der Waals surface area contributed by atoms with Crippen LogP contribution in [0.15, 0.2) is 64.8 Å². The van der Waals surface area contributed by atoms with E-state index in [4.69, 9.17) is 10.4 Å². The number of rotatable bonds is 3. The van der Waals surface area contributed by atoms with Crippen LogP contribution >= 0.6 is 27.3 Å². The summed E-state index contributed by atoms with van der Waals surface area (Å²) in [6.07, 6.45) is 0. The fourth-order valence-electron chi connectivity index (χ4n) is 3.01. The Morgan fingerprint density at radius 2 is 1.81 bits per heavy atom. The van der Waals surface area contributed by atoms with Gasteiger partial charge in [0, 0.05) is 20.6 Å². The van der Waals surface area contributed by atoms with Gasteiger partial charge < -0.3 is 10.0 Å². The fraction of sp³-hybridized carbons (Fsp3) is 0.100. The first-order valence-electron chi connectivity index (χ1n) is 8.12. The average Bonchev–Trinajstić information content (AvgIpc) is 3.16. The van der Waals surface area contributed by atoms with E-state index in [0.717, 1.165) is 26.3 Å². The number of aliphatic hydroxyl groups is 1. The molecule has 3 aromatic rings.